The fraction of sp³-hybridized carbons (Fsp3) is 0.312. The van der Waals surface area contributed by atoms with Crippen molar-refractivity contribution < 1.29 is 9.53 Å². The summed E-state index contributed by atoms with van der Waals surface area (Å²) in [6.07, 6.45) is 3.57. The number of nitrogens with zero attached hydrogens (tertiary/aromatic N) is 2. The van der Waals surface area contributed by atoms with Gasteiger partial charge in [-0.25, -0.2) is 4.98 Å². The third-order valence-corrected chi connectivity index (χ3v) is 4.18. The van der Waals surface area contributed by atoms with E-state index in [4.69, 9.17) is 4.74 Å². The van der Waals surface area contributed by atoms with Crippen LogP contribution in [0.2, 0.25) is 0 Å². The molecule has 1 fully saturated rings. The average molecular weight is 311 g/mol. The smallest absolute Gasteiger partial charge is 0.256 e. The van der Waals surface area contributed by atoms with Gasteiger partial charge >= 0.3 is 0 Å². The maximum Gasteiger partial charge on any atom is 0.256 e. The zero-order valence-electron chi connectivity index (χ0n) is 12.5. The highest BCUT2D eigenvalue weighted by Crippen LogP contribution is 2.26. The normalized spacial score (nSPS) is 15.8. The fourth-order valence-electron chi connectivity index (χ4n) is 2.88. The third kappa shape index (κ3) is 2.83. The third-order valence-electron chi connectivity index (χ3n) is 4.18. The number of aromatic amines is 2. The number of H-pyrrole nitrogens is 2. The summed E-state index contributed by atoms with van der Waals surface area (Å²) in [5.41, 5.74) is 3.29. The second-order valence-corrected chi connectivity index (χ2v) is 5.68. The lowest BCUT2D eigenvalue weighted by atomic mass is 9.97. The molecule has 23 heavy (non-hydrogen) atoms. The number of fused-ring (bicyclic) bond motifs is 1. The van der Waals surface area contributed by atoms with E-state index in [-0.39, 0.29) is 5.91 Å². The van der Waals surface area contributed by atoms with Gasteiger partial charge in [-0.3, -0.25) is 9.89 Å². The lowest BCUT2D eigenvalue weighted by Gasteiger charge is -2.20. The minimum atomic E-state index is -0.188. The Labute approximate surface area is 132 Å². The van der Waals surface area contributed by atoms with Crippen molar-refractivity contribution in [3.8, 4) is 0 Å². The first kappa shape index (κ1) is 14.0. The molecule has 3 aromatic rings. The van der Waals surface area contributed by atoms with Gasteiger partial charge in [0.15, 0.2) is 5.82 Å². The Morgan fingerprint density at radius 1 is 1.26 bits per heavy atom. The van der Waals surface area contributed by atoms with Gasteiger partial charge in [0.05, 0.1) is 17.4 Å². The van der Waals surface area contributed by atoms with E-state index in [1.165, 1.54) is 0 Å². The molecule has 0 radical (unpaired) electrons. The number of hydrogen-bond donors (Lipinski definition) is 3. The summed E-state index contributed by atoms with van der Waals surface area (Å²) in [5.74, 6) is 0.774. The molecule has 1 aromatic carbocycles. The van der Waals surface area contributed by atoms with Crippen molar-refractivity contribution in [1.29, 1.82) is 0 Å². The van der Waals surface area contributed by atoms with E-state index in [9.17, 15) is 4.79 Å². The van der Waals surface area contributed by atoms with Gasteiger partial charge in [0.25, 0.3) is 5.91 Å². The number of carbonyl (C=O) groups excluding carboxylic acids is 1. The Morgan fingerprint density at radius 3 is 3.00 bits per heavy atom. The van der Waals surface area contributed by atoms with Gasteiger partial charge in [-0.15, -0.1) is 0 Å². The first-order valence-electron chi connectivity index (χ1n) is 7.67. The van der Waals surface area contributed by atoms with Crippen LogP contribution in [-0.4, -0.2) is 39.3 Å². The van der Waals surface area contributed by atoms with Gasteiger partial charge in [-0.2, -0.15) is 5.10 Å². The van der Waals surface area contributed by atoms with Crippen LogP contribution in [0.25, 0.3) is 11.0 Å². The van der Waals surface area contributed by atoms with Crippen LogP contribution in [0.3, 0.4) is 0 Å². The number of amides is 1. The molecule has 7 nitrogen and oxygen atoms in total. The van der Waals surface area contributed by atoms with Gasteiger partial charge < -0.3 is 15.0 Å². The van der Waals surface area contributed by atoms with Gasteiger partial charge in [-0.1, -0.05) is 0 Å². The quantitative estimate of drug-likeness (QED) is 0.692. The van der Waals surface area contributed by atoms with Crippen molar-refractivity contribution in [2.75, 3.05) is 18.5 Å². The Kier molecular flexibility index (Phi) is 3.55. The van der Waals surface area contributed by atoms with Crippen LogP contribution in [0, 0.1) is 0 Å². The topological polar surface area (TPSA) is 95.7 Å². The summed E-state index contributed by atoms with van der Waals surface area (Å²) >= 11 is 0. The molecule has 4 rings (SSSR count). The monoisotopic (exact) mass is 311 g/mol. The highest BCUT2D eigenvalue weighted by molar-refractivity contribution is 6.05. The Morgan fingerprint density at radius 2 is 2.13 bits per heavy atom. The van der Waals surface area contributed by atoms with Crippen LogP contribution < -0.4 is 5.32 Å². The van der Waals surface area contributed by atoms with Gasteiger partial charge in [0, 0.05) is 36.5 Å². The summed E-state index contributed by atoms with van der Waals surface area (Å²) in [6.45, 7) is 1.55. The molecule has 0 unspecified atom stereocenters. The minimum Gasteiger partial charge on any atom is -0.381 e. The molecule has 118 valence electrons. The van der Waals surface area contributed by atoms with E-state index in [1.54, 1.807) is 18.5 Å². The van der Waals surface area contributed by atoms with Crippen molar-refractivity contribution in [2.45, 2.75) is 18.8 Å². The molecule has 3 N–H and O–H groups in total. The molecule has 0 bridgehead atoms. The van der Waals surface area contributed by atoms with Crippen LogP contribution in [-0.2, 0) is 4.74 Å². The zero-order valence-corrected chi connectivity index (χ0v) is 12.5. The lowest BCUT2D eigenvalue weighted by molar-refractivity contribution is 0.0845. The number of anilines is 1. The standard InChI is InChI=1S/C16H17N5O2/c22-16(11-1-2-12-14(7-11)18-9-17-12)19-15-8-13(20-21-15)10-3-5-23-6-4-10/h1-2,7-10H,3-6H2,(H,17,18)(H2,19,20,21,22). The zero-order chi connectivity index (χ0) is 15.6. The summed E-state index contributed by atoms with van der Waals surface area (Å²) in [5, 5.41) is 10.0. The van der Waals surface area contributed by atoms with Gasteiger partial charge in [-0.05, 0) is 31.0 Å². The van der Waals surface area contributed by atoms with Crippen LogP contribution in [0.4, 0.5) is 5.82 Å². The highest BCUT2D eigenvalue weighted by Gasteiger charge is 2.19. The summed E-state index contributed by atoms with van der Waals surface area (Å²) < 4.78 is 5.37. The number of carbonyl (C=O) groups is 1. The number of ether oxygens (including phenoxy) is 1. The predicted molar refractivity (Wildman–Crippen MR) is 85.4 cm³/mol. The van der Waals surface area contributed by atoms with E-state index >= 15 is 0 Å². The molecule has 2 aromatic heterocycles. The lowest BCUT2D eigenvalue weighted by Crippen LogP contribution is -2.14. The van der Waals surface area contributed by atoms with Crippen LogP contribution in [0.1, 0.15) is 34.8 Å². The van der Waals surface area contributed by atoms with Crippen molar-refractivity contribution in [2.24, 2.45) is 0 Å². The molecule has 7 heteroatoms. The molecule has 1 aliphatic rings. The maximum atomic E-state index is 12.3. The van der Waals surface area contributed by atoms with Crippen LogP contribution in [0.5, 0.6) is 0 Å². The van der Waals surface area contributed by atoms with E-state index in [1.807, 2.05) is 12.1 Å². The van der Waals surface area contributed by atoms with Crippen molar-refractivity contribution in [3.05, 3.63) is 41.9 Å². The molecule has 0 atom stereocenters. The molecular weight excluding hydrogens is 294 g/mol. The number of aromatic nitrogens is 4. The fourth-order valence-corrected chi connectivity index (χ4v) is 2.88. The Bertz CT molecular complexity index is 832. The van der Waals surface area contributed by atoms with Crippen molar-refractivity contribution >= 4 is 22.8 Å². The number of imidazole rings is 1. The van der Waals surface area contributed by atoms with E-state index < -0.39 is 0 Å². The van der Waals surface area contributed by atoms with E-state index in [2.05, 4.69) is 25.5 Å². The molecule has 1 saturated heterocycles. The number of benzene rings is 1. The largest absolute Gasteiger partial charge is 0.381 e. The van der Waals surface area contributed by atoms with Gasteiger partial charge in [0.2, 0.25) is 0 Å². The second kappa shape index (κ2) is 5.85. The van der Waals surface area contributed by atoms with Crippen LogP contribution >= 0.6 is 0 Å². The molecule has 3 heterocycles. The summed E-state index contributed by atoms with van der Waals surface area (Å²) in [7, 11) is 0. The maximum absolute atomic E-state index is 12.3. The minimum absolute atomic E-state index is 0.188. The van der Waals surface area contributed by atoms with E-state index in [0.29, 0.717) is 17.3 Å². The highest BCUT2D eigenvalue weighted by atomic mass is 16.5. The molecule has 1 amide bonds. The first-order chi connectivity index (χ1) is 11.3. The Balaban J connectivity index is 1.48. The Hall–Kier alpha value is -2.67. The molecule has 0 saturated carbocycles. The number of hydrogen-bond acceptors (Lipinski definition) is 4. The average Bonchev–Trinajstić information content (AvgIpc) is 3.24. The van der Waals surface area contributed by atoms with E-state index in [0.717, 1.165) is 42.8 Å². The van der Waals surface area contributed by atoms with Crippen molar-refractivity contribution in [3.63, 3.8) is 0 Å². The number of nitrogens with one attached hydrogen (secondary N) is 3. The SMILES string of the molecule is O=C(Nc1cc(C2CCOCC2)[nH]n1)c1ccc2nc[nH]c2c1. The predicted octanol–water partition coefficient (Wildman–Crippen LogP) is 2.43. The first-order valence-corrected chi connectivity index (χ1v) is 7.67. The molecule has 0 spiro atoms. The van der Waals surface area contributed by atoms with Crippen LogP contribution in [0.15, 0.2) is 30.6 Å². The van der Waals surface area contributed by atoms with Crippen molar-refractivity contribution in [1.82, 2.24) is 20.2 Å². The summed E-state index contributed by atoms with van der Waals surface area (Å²) in [4.78, 5) is 19.5. The molecule has 1 aliphatic heterocycles. The second-order valence-electron chi connectivity index (χ2n) is 5.68. The van der Waals surface area contributed by atoms with Gasteiger partial charge in [0.1, 0.15) is 0 Å². The molecule has 0 aliphatic carbocycles. The summed E-state index contributed by atoms with van der Waals surface area (Å²) in [6, 6.07) is 7.26. The molecular formula is C16H17N5O2. The number of rotatable bonds is 3.